The Balaban J connectivity index is 2.77. The molecular formula is C10H20N2O4S. The van der Waals surface area contributed by atoms with Crippen LogP contribution in [-0.2, 0) is 15.0 Å². The van der Waals surface area contributed by atoms with Gasteiger partial charge in [-0.3, -0.25) is 4.79 Å². The van der Waals surface area contributed by atoms with Crippen molar-refractivity contribution >= 4 is 16.2 Å². The van der Waals surface area contributed by atoms with E-state index in [9.17, 15) is 13.2 Å². The highest BCUT2D eigenvalue weighted by atomic mass is 32.2. The van der Waals surface area contributed by atoms with Crippen LogP contribution in [0.5, 0.6) is 0 Å². The summed E-state index contributed by atoms with van der Waals surface area (Å²) in [6, 6.07) is -1.04. The second kappa shape index (κ2) is 5.32. The smallest absolute Gasteiger partial charge is 0.321 e. The number of carbonyl (C=O) groups is 1. The lowest BCUT2D eigenvalue weighted by Crippen LogP contribution is -2.50. The van der Waals surface area contributed by atoms with E-state index in [1.54, 1.807) is 0 Å². The SMILES string of the molecule is CC1CCN(S(=O)(=O)N(C)C(C)C(=O)O)CC1. The van der Waals surface area contributed by atoms with E-state index < -0.39 is 22.2 Å². The van der Waals surface area contributed by atoms with Crippen molar-refractivity contribution in [2.45, 2.75) is 32.7 Å². The summed E-state index contributed by atoms with van der Waals surface area (Å²) in [7, 11) is -2.33. The van der Waals surface area contributed by atoms with Crippen LogP contribution in [0.1, 0.15) is 26.7 Å². The van der Waals surface area contributed by atoms with Crippen molar-refractivity contribution in [1.29, 1.82) is 0 Å². The van der Waals surface area contributed by atoms with Crippen LogP contribution >= 0.6 is 0 Å². The van der Waals surface area contributed by atoms with Gasteiger partial charge in [0.05, 0.1) is 0 Å². The number of hydrogen-bond acceptors (Lipinski definition) is 3. The van der Waals surface area contributed by atoms with Gasteiger partial charge >= 0.3 is 5.97 Å². The van der Waals surface area contributed by atoms with Crippen molar-refractivity contribution in [3.63, 3.8) is 0 Å². The van der Waals surface area contributed by atoms with Crippen molar-refractivity contribution < 1.29 is 18.3 Å². The van der Waals surface area contributed by atoms with Gasteiger partial charge in [-0.05, 0) is 25.7 Å². The molecule has 1 rings (SSSR count). The van der Waals surface area contributed by atoms with E-state index in [0.29, 0.717) is 19.0 Å². The largest absolute Gasteiger partial charge is 0.480 e. The molecule has 6 nitrogen and oxygen atoms in total. The van der Waals surface area contributed by atoms with Crippen LogP contribution in [0.3, 0.4) is 0 Å². The highest BCUT2D eigenvalue weighted by Crippen LogP contribution is 2.21. The van der Waals surface area contributed by atoms with Gasteiger partial charge in [-0.2, -0.15) is 17.0 Å². The minimum atomic E-state index is -3.64. The van der Waals surface area contributed by atoms with Gasteiger partial charge in [0.15, 0.2) is 0 Å². The van der Waals surface area contributed by atoms with Crippen LogP contribution in [0, 0.1) is 5.92 Å². The number of hydrogen-bond donors (Lipinski definition) is 1. The average Bonchev–Trinajstić information content (AvgIpc) is 2.27. The van der Waals surface area contributed by atoms with Crippen LogP contribution < -0.4 is 0 Å². The lowest BCUT2D eigenvalue weighted by molar-refractivity contribution is -0.140. The monoisotopic (exact) mass is 264 g/mol. The Morgan fingerprint density at radius 1 is 1.41 bits per heavy atom. The molecule has 100 valence electrons. The number of piperidine rings is 1. The molecule has 0 aromatic rings. The molecule has 1 aliphatic heterocycles. The summed E-state index contributed by atoms with van der Waals surface area (Å²) in [6.07, 6.45) is 1.66. The second-order valence-electron chi connectivity index (χ2n) is 4.62. The first-order valence-corrected chi connectivity index (χ1v) is 7.12. The molecule has 0 radical (unpaired) electrons. The summed E-state index contributed by atoms with van der Waals surface area (Å²) >= 11 is 0. The molecule has 0 spiro atoms. The number of nitrogens with zero attached hydrogens (tertiary/aromatic N) is 2. The van der Waals surface area contributed by atoms with Crippen LogP contribution in [0.2, 0.25) is 0 Å². The third-order valence-electron chi connectivity index (χ3n) is 3.34. The number of likely N-dealkylation sites (N-methyl/N-ethyl adjacent to an activating group) is 1. The molecule has 0 amide bonds. The van der Waals surface area contributed by atoms with Gasteiger partial charge in [-0.15, -0.1) is 0 Å². The zero-order chi connectivity index (χ0) is 13.2. The third-order valence-corrected chi connectivity index (χ3v) is 5.40. The van der Waals surface area contributed by atoms with Gasteiger partial charge in [0.1, 0.15) is 6.04 Å². The lowest BCUT2D eigenvalue weighted by Gasteiger charge is -2.33. The topological polar surface area (TPSA) is 77.9 Å². The summed E-state index contributed by atoms with van der Waals surface area (Å²) in [4.78, 5) is 10.8. The Labute approximate surface area is 102 Å². The maximum Gasteiger partial charge on any atom is 0.321 e. The Morgan fingerprint density at radius 3 is 2.29 bits per heavy atom. The Kier molecular flexibility index (Phi) is 4.51. The second-order valence-corrected chi connectivity index (χ2v) is 6.61. The van der Waals surface area contributed by atoms with Crippen molar-refractivity contribution in [2.24, 2.45) is 5.92 Å². The first-order chi connectivity index (χ1) is 7.76. The molecule has 1 N–H and O–H groups in total. The molecule has 0 aliphatic carbocycles. The van der Waals surface area contributed by atoms with E-state index in [-0.39, 0.29) is 0 Å². The fourth-order valence-electron chi connectivity index (χ4n) is 1.75. The van der Waals surface area contributed by atoms with Gasteiger partial charge in [-0.1, -0.05) is 6.92 Å². The van der Waals surface area contributed by atoms with Crippen molar-refractivity contribution in [2.75, 3.05) is 20.1 Å². The lowest BCUT2D eigenvalue weighted by atomic mass is 10.0. The summed E-state index contributed by atoms with van der Waals surface area (Å²) < 4.78 is 26.5. The van der Waals surface area contributed by atoms with E-state index in [4.69, 9.17) is 5.11 Å². The fraction of sp³-hybridized carbons (Fsp3) is 0.900. The first kappa shape index (κ1) is 14.4. The maximum atomic E-state index is 12.1. The number of aliphatic carboxylic acids is 1. The molecule has 17 heavy (non-hydrogen) atoms. The van der Waals surface area contributed by atoms with E-state index in [0.717, 1.165) is 17.1 Å². The van der Waals surface area contributed by atoms with Gasteiger partial charge in [0, 0.05) is 20.1 Å². The highest BCUT2D eigenvalue weighted by Gasteiger charge is 2.34. The number of rotatable bonds is 4. The highest BCUT2D eigenvalue weighted by molar-refractivity contribution is 7.86. The quantitative estimate of drug-likeness (QED) is 0.795. The predicted octanol–water partition coefficient (Wildman–Crippen LogP) is 0.368. The van der Waals surface area contributed by atoms with E-state index in [1.165, 1.54) is 18.3 Å². The maximum absolute atomic E-state index is 12.1. The summed E-state index contributed by atoms with van der Waals surface area (Å²) in [6.45, 7) is 4.40. The zero-order valence-electron chi connectivity index (χ0n) is 10.5. The van der Waals surface area contributed by atoms with Crippen molar-refractivity contribution in [3.8, 4) is 0 Å². The Hall–Kier alpha value is -0.660. The van der Waals surface area contributed by atoms with Crippen molar-refractivity contribution in [3.05, 3.63) is 0 Å². The predicted molar refractivity (Wildman–Crippen MR) is 63.8 cm³/mol. The van der Waals surface area contributed by atoms with E-state index in [2.05, 4.69) is 6.92 Å². The van der Waals surface area contributed by atoms with Gasteiger partial charge < -0.3 is 5.11 Å². The summed E-state index contributed by atoms with van der Waals surface area (Å²) in [5, 5.41) is 8.83. The normalized spacial score (nSPS) is 21.6. The molecule has 1 fully saturated rings. The van der Waals surface area contributed by atoms with E-state index in [1.807, 2.05) is 0 Å². The Morgan fingerprint density at radius 2 is 1.88 bits per heavy atom. The minimum absolute atomic E-state index is 0.472. The summed E-state index contributed by atoms with van der Waals surface area (Å²) in [5.74, 6) is -0.606. The fourth-order valence-corrected chi connectivity index (χ4v) is 3.28. The molecule has 0 aromatic carbocycles. The Bertz CT molecular complexity index is 374. The van der Waals surface area contributed by atoms with Crippen LogP contribution in [-0.4, -0.2) is 54.3 Å². The standard InChI is InChI=1S/C10H20N2O4S/c1-8-4-6-12(7-5-8)17(15,16)11(3)9(2)10(13)14/h8-9H,4-7H2,1-3H3,(H,13,14). The number of carboxylic acids is 1. The van der Waals surface area contributed by atoms with E-state index >= 15 is 0 Å². The van der Waals surface area contributed by atoms with Gasteiger partial charge in [0.2, 0.25) is 0 Å². The minimum Gasteiger partial charge on any atom is -0.480 e. The molecule has 0 aromatic heterocycles. The molecule has 7 heteroatoms. The molecular weight excluding hydrogens is 244 g/mol. The van der Waals surface area contributed by atoms with Crippen LogP contribution in [0.25, 0.3) is 0 Å². The van der Waals surface area contributed by atoms with Crippen LogP contribution in [0.4, 0.5) is 0 Å². The zero-order valence-corrected chi connectivity index (χ0v) is 11.3. The molecule has 0 saturated carbocycles. The third kappa shape index (κ3) is 3.17. The van der Waals surface area contributed by atoms with Crippen molar-refractivity contribution in [1.82, 2.24) is 8.61 Å². The van der Waals surface area contributed by atoms with Gasteiger partial charge in [0.25, 0.3) is 10.2 Å². The molecule has 1 unspecified atom stereocenters. The first-order valence-electron chi connectivity index (χ1n) is 5.72. The molecule has 0 bridgehead atoms. The summed E-state index contributed by atoms with van der Waals surface area (Å²) in [5.41, 5.74) is 0. The van der Waals surface area contributed by atoms with Crippen LogP contribution in [0.15, 0.2) is 0 Å². The molecule has 1 aliphatic rings. The number of carboxylic acid groups (broad SMARTS) is 1. The molecule has 1 atom stereocenters. The average molecular weight is 264 g/mol. The molecule has 1 saturated heterocycles. The van der Waals surface area contributed by atoms with Gasteiger partial charge in [-0.25, -0.2) is 0 Å². The molecule has 1 heterocycles.